The van der Waals surface area contributed by atoms with Crippen molar-refractivity contribution in [3.63, 3.8) is 0 Å². The molecule has 0 aromatic heterocycles. The molecule has 1 aromatic carbocycles. The molecule has 27 heavy (non-hydrogen) atoms. The molecule has 0 spiro atoms. The largest absolute Gasteiger partial charge is 0.487 e. The summed E-state index contributed by atoms with van der Waals surface area (Å²) in [5.74, 6) is 1.23. The van der Waals surface area contributed by atoms with Crippen LogP contribution in [-0.4, -0.2) is 18.6 Å². The number of allylic oxidation sites excluding steroid dienone is 2. The summed E-state index contributed by atoms with van der Waals surface area (Å²) in [6.07, 6.45) is 8.00. The van der Waals surface area contributed by atoms with Crippen LogP contribution in [0.1, 0.15) is 76.8 Å². The topological polar surface area (TPSA) is 72.8 Å². The molecule has 0 amide bonds. The molecule has 0 saturated carbocycles. The van der Waals surface area contributed by atoms with Crippen LogP contribution < -0.4 is 8.92 Å². The Morgan fingerprint density at radius 2 is 2.04 bits per heavy atom. The summed E-state index contributed by atoms with van der Waals surface area (Å²) >= 11 is 0. The molecule has 3 rings (SSSR count). The van der Waals surface area contributed by atoms with Crippen molar-refractivity contribution in [2.24, 2.45) is 5.92 Å². The molecule has 1 aliphatic heterocycles. The summed E-state index contributed by atoms with van der Waals surface area (Å²) in [5, 5.41) is 0. The predicted octanol–water partition coefficient (Wildman–Crippen LogP) is 5.21. The van der Waals surface area contributed by atoms with Crippen molar-refractivity contribution in [2.45, 2.75) is 77.7 Å². The van der Waals surface area contributed by atoms with Crippen LogP contribution in [0, 0.1) is 5.92 Å². The van der Waals surface area contributed by atoms with Crippen LogP contribution >= 0.6 is 0 Å². The molecule has 0 saturated heterocycles. The first kappa shape index (κ1) is 20.2. The molecule has 0 radical (unpaired) electrons. The van der Waals surface area contributed by atoms with Crippen molar-refractivity contribution in [3.8, 4) is 11.5 Å². The minimum absolute atomic E-state index is 0.107. The number of unbranched alkanes of at least 4 members (excludes halogenated alkanes) is 2. The lowest BCUT2D eigenvalue weighted by Gasteiger charge is -2.47. The van der Waals surface area contributed by atoms with Crippen molar-refractivity contribution >= 4 is 10.4 Å². The van der Waals surface area contributed by atoms with Gasteiger partial charge in [-0.05, 0) is 64.2 Å². The van der Waals surface area contributed by atoms with E-state index in [1.54, 1.807) is 6.07 Å². The first-order valence-corrected chi connectivity index (χ1v) is 11.2. The highest BCUT2D eigenvalue weighted by molar-refractivity contribution is 7.81. The minimum atomic E-state index is -4.60. The van der Waals surface area contributed by atoms with Crippen LogP contribution in [0.4, 0.5) is 0 Å². The van der Waals surface area contributed by atoms with E-state index < -0.39 is 10.4 Å². The first-order valence-electron chi connectivity index (χ1n) is 9.79. The van der Waals surface area contributed by atoms with E-state index in [9.17, 15) is 13.0 Å². The molecule has 6 heteroatoms. The highest BCUT2D eigenvalue weighted by Gasteiger charge is 2.46. The number of fused-ring (bicyclic) bond motifs is 3. The molecule has 2 aliphatic rings. The molecule has 1 N–H and O–H groups in total. The summed E-state index contributed by atoms with van der Waals surface area (Å²) in [6, 6.07) is 3.78. The highest BCUT2D eigenvalue weighted by Crippen LogP contribution is 2.54. The fourth-order valence-corrected chi connectivity index (χ4v) is 4.87. The summed E-state index contributed by atoms with van der Waals surface area (Å²) in [4.78, 5) is 0. The smallest absolute Gasteiger partial charge is 0.446 e. The van der Waals surface area contributed by atoms with Crippen LogP contribution in [-0.2, 0) is 16.8 Å². The fourth-order valence-electron chi connectivity index (χ4n) is 4.51. The summed E-state index contributed by atoms with van der Waals surface area (Å²) < 4.78 is 43.7. The summed E-state index contributed by atoms with van der Waals surface area (Å²) in [5.41, 5.74) is 2.67. The lowest BCUT2D eigenvalue weighted by Crippen LogP contribution is -2.45. The fraction of sp³-hybridized carbons (Fsp3) is 0.619. The van der Waals surface area contributed by atoms with Crippen molar-refractivity contribution in [1.29, 1.82) is 0 Å². The average molecular weight is 395 g/mol. The number of hydrogen-bond acceptors (Lipinski definition) is 4. The molecule has 2 atom stereocenters. The van der Waals surface area contributed by atoms with Gasteiger partial charge in [-0.3, -0.25) is 4.55 Å². The van der Waals surface area contributed by atoms with E-state index in [1.807, 2.05) is 6.07 Å². The van der Waals surface area contributed by atoms with Crippen LogP contribution in [0.3, 0.4) is 0 Å². The third-order valence-electron chi connectivity index (χ3n) is 5.81. The van der Waals surface area contributed by atoms with Gasteiger partial charge in [0.15, 0.2) is 5.75 Å². The maximum atomic E-state index is 11.5. The van der Waals surface area contributed by atoms with Gasteiger partial charge in [-0.1, -0.05) is 31.4 Å². The normalized spacial score (nSPS) is 23.7. The maximum absolute atomic E-state index is 11.5. The molecule has 1 aromatic rings. The maximum Gasteiger partial charge on any atom is 0.446 e. The predicted molar refractivity (Wildman–Crippen MR) is 106 cm³/mol. The Labute approximate surface area is 162 Å². The molecule has 0 fully saturated rings. The van der Waals surface area contributed by atoms with Crippen LogP contribution in [0.15, 0.2) is 23.8 Å². The van der Waals surface area contributed by atoms with Gasteiger partial charge in [0.25, 0.3) is 0 Å². The Kier molecular flexibility index (Phi) is 5.59. The zero-order valence-corrected chi connectivity index (χ0v) is 17.4. The number of rotatable bonds is 6. The standard InChI is InChI=1S/C21H30O5S/c1-5-6-7-8-15-12-18-20(19(13-15)26-27(22,23)24)16-11-14(2)9-10-17(16)21(3,4)25-18/h9,12-13,16-17H,5-8,10-11H2,1-4H3,(H,22,23,24)/t16-,17-/m1/s1. The molecular weight excluding hydrogens is 364 g/mol. The number of benzene rings is 1. The zero-order chi connectivity index (χ0) is 19.8. The molecule has 1 heterocycles. The first-order chi connectivity index (χ1) is 12.6. The van der Waals surface area contributed by atoms with Gasteiger partial charge in [-0.2, -0.15) is 8.42 Å². The number of ether oxygens (including phenoxy) is 1. The van der Waals surface area contributed by atoms with E-state index in [0.717, 1.165) is 49.7 Å². The second-order valence-electron chi connectivity index (χ2n) is 8.38. The van der Waals surface area contributed by atoms with Gasteiger partial charge in [0.2, 0.25) is 0 Å². The third kappa shape index (κ3) is 4.49. The van der Waals surface area contributed by atoms with Gasteiger partial charge >= 0.3 is 10.4 Å². The molecule has 0 bridgehead atoms. The summed E-state index contributed by atoms with van der Waals surface area (Å²) in [7, 11) is -4.60. The lowest BCUT2D eigenvalue weighted by atomic mass is 9.67. The molecule has 0 unspecified atom stereocenters. The van der Waals surface area contributed by atoms with E-state index in [2.05, 4.69) is 33.8 Å². The Balaban J connectivity index is 2.09. The number of hydrogen-bond donors (Lipinski definition) is 1. The van der Waals surface area contributed by atoms with Crippen molar-refractivity contribution in [3.05, 3.63) is 34.9 Å². The van der Waals surface area contributed by atoms with Crippen LogP contribution in [0.2, 0.25) is 0 Å². The molecule has 150 valence electrons. The molecule has 5 nitrogen and oxygen atoms in total. The average Bonchev–Trinajstić information content (AvgIpc) is 2.52. The number of aryl methyl sites for hydroxylation is 1. The van der Waals surface area contributed by atoms with Gasteiger partial charge in [-0.15, -0.1) is 0 Å². The quantitative estimate of drug-likeness (QED) is 0.407. The molecular formula is C21H30O5S. The van der Waals surface area contributed by atoms with Crippen LogP contribution in [0.25, 0.3) is 0 Å². The summed E-state index contributed by atoms with van der Waals surface area (Å²) in [6.45, 7) is 8.43. The lowest BCUT2D eigenvalue weighted by molar-refractivity contribution is 0.00786. The van der Waals surface area contributed by atoms with E-state index >= 15 is 0 Å². The van der Waals surface area contributed by atoms with Gasteiger partial charge in [0, 0.05) is 17.4 Å². The van der Waals surface area contributed by atoms with E-state index in [1.165, 1.54) is 5.57 Å². The van der Waals surface area contributed by atoms with Crippen molar-refractivity contribution < 1.29 is 21.9 Å². The minimum Gasteiger partial charge on any atom is -0.487 e. The van der Waals surface area contributed by atoms with Gasteiger partial charge < -0.3 is 8.92 Å². The second kappa shape index (κ2) is 7.47. The van der Waals surface area contributed by atoms with Gasteiger partial charge in [-0.25, -0.2) is 0 Å². The van der Waals surface area contributed by atoms with Crippen molar-refractivity contribution in [1.82, 2.24) is 0 Å². The SMILES string of the molecule is CCCCCc1cc2c(c(OS(=O)(=O)O)c1)[C@@H]1CC(C)=CC[C@H]1C(C)(C)O2. The Morgan fingerprint density at radius 1 is 1.30 bits per heavy atom. The van der Waals surface area contributed by atoms with E-state index in [0.29, 0.717) is 5.75 Å². The second-order valence-corrected chi connectivity index (χ2v) is 9.40. The Morgan fingerprint density at radius 3 is 2.70 bits per heavy atom. The van der Waals surface area contributed by atoms with Crippen molar-refractivity contribution in [2.75, 3.05) is 0 Å². The Hall–Kier alpha value is -1.53. The van der Waals surface area contributed by atoms with Crippen LogP contribution in [0.5, 0.6) is 11.5 Å². The van der Waals surface area contributed by atoms with E-state index in [4.69, 9.17) is 8.92 Å². The van der Waals surface area contributed by atoms with Gasteiger partial charge in [0.05, 0.1) is 0 Å². The zero-order valence-electron chi connectivity index (χ0n) is 16.6. The Bertz CT molecular complexity index is 838. The molecule has 1 aliphatic carbocycles. The third-order valence-corrected chi connectivity index (χ3v) is 6.20. The highest BCUT2D eigenvalue weighted by atomic mass is 32.3. The monoisotopic (exact) mass is 394 g/mol. The van der Waals surface area contributed by atoms with Gasteiger partial charge in [0.1, 0.15) is 11.4 Å². The van der Waals surface area contributed by atoms with E-state index in [-0.39, 0.29) is 23.2 Å².